The highest BCUT2D eigenvalue weighted by molar-refractivity contribution is 6.28. The summed E-state index contributed by atoms with van der Waals surface area (Å²) in [5.74, 6) is -1.09. The van der Waals surface area contributed by atoms with Crippen LogP contribution in [0.5, 0.6) is 0 Å². The fourth-order valence-electron chi connectivity index (χ4n) is 0.981. The van der Waals surface area contributed by atoms with Gasteiger partial charge in [0.15, 0.2) is 0 Å². The number of aromatic nitrogens is 2. The van der Waals surface area contributed by atoms with E-state index in [1.54, 1.807) is 0 Å². The van der Waals surface area contributed by atoms with Gasteiger partial charge in [-0.15, -0.1) is 0 Å². The summed E-state index contributed by atoms with van der Waals surface area (Å²) in [6.45, 7) is 0. The summed E-state index contributed by atoms with van der Waals surface area (Å²) in [5, 5.41) is 8.62. The van der Waals surface area contributed by atoms with Crippen LogP contribution in [0, 0.1) is 0 Å². The molecule has 0 fully saturated rings. The van der Waals surface area contributed by atoms with Gasteiger partial charge in [-0.1, -0.05) is 0 Å². The van der Waals surface area contributed by atoms with E-state index in [0.29, 0.717) is 0 Å². The molecule has 66 valence electrons. The highest BCUT2D eigenvalue weighted by Gasteiger charge is 2.13. The third-order valence-corrected chi connectivity index (χ3v) is 1.66. The van der Waals surface area contributed by atoms with Crippen molar-refractivity contribution in [2.24, 2.45) is 0 Å². The molecule has 0 amide bonds. The average Bonchev–Trinajstić information content (AvgIpc) is 2.43. The van der Waals surface area contributed by atoms with Gasteiger partial charge in [-0.05, 0) is 17.7 Å². The number of hydrogen-bond donors (Lipinski definition) is 1. The van der Waals surface area contributed by atoms with Crippen LogP contribution >= 0.6 is 11.6 Å². The standard InChI is InChI=1S/C7H3ClN2O3/c8-7-10-4-3(6(11)12)1-2-9-5(4)13-7/h1-2H,(H,11,12). The minimum atomic E-state index is -1.09. The van der Waals surface area contributed by atoms with Crippen molar-refractivity contribution in [3.05, 3.63) is 23.2 Å². The second kappa shape index (κ2) is 2.70. The smallest absolute Gasteiger partial charge is 0.338 e. The lowest BCUT2D eigenvalue weighted by Crippen LogP contribution is -1.97. The lowest BCUT2D eigenvalue weighted by Gasteiger charge is -1.91. The maximum Gasteiger partial charge on any atom is 0.338 e. The van der Waals surface area contributed by atoms with Crippen molar-refractivity contribution >= 4 is 28.8 Å². The van der Waals surface area contributed by atoms with E-state index in [-0.39, 0.29) is 22.1 Å². The Balaban J connectivity index is 2.82. The molecule has 0 unspecified atom stereocenters. The van der Waals surface area contributed by atoms with Crippen LogP contribution in [0.1, 0.15) is 10.4 Å². The van der Waals surface area contributed by atoms with E-state index in [0.717, 1.165) is 0 Å². The summed E-state index contributed by atoms with van der Waals surface area (Å²) in [4.78, 5) is 18.1. The first-order valence-corrected chi connectivity index (χ1v) is 3.70. The van der Waals surface area contributed by atoms with Crippen molar-refractivity contribution < 1.29 is 14.3 Å². The number of nitrogens with zero attached hydrogens (tertiary/aromatic N) is 2. The number of carboxylic acid groups (broad SMARTS) is 1. The normalized spacial score (nSPS) is 10.5. The first-order valence-electron chi connectivity index (χ1n) is 3.33. The van der Waals surface area contributed by atoms with Crippen LogP contribution in [-0.2, 0) is 0 Å². The SMILES string of the molecule is O=C(O)c1ccnc2oc(Cl)nc12. The third-order valence-electron chi connectivity index (χ3n) is 1.50. The van der Waals surface area contributed by atoms with Gasteiger partial charge in [-0.25, -0.2) is 9.78 Å². The molecule has 0 spiro atoms. The predicted octanol–water partition coefficient (Wildman–Crippen LogP) is 1.57. The summed E-state index contributed by atoms with van der Waals surface area (Å²) in [7, 11) is 0. The van der Waals surface area contributed by atoms with Crippen LogP contribution < -0.4 is 0 Å². The molecule has 1 N–H and O–H groups in total. The maximum atomic E-state index is 10.7. The molecule has 5 nitrogen and oxygen atoms in total. The van der Waals surface area contributed by atoms with E-state index in [9.17, 15) is 4.79 Å². The first kappa shape index (κ1) is 8.00. The van der Waals surface area contributed by atoms with Gasteiger partial charge in [0.05, 0.1) is 5.56 Å². The zero-order chi connectivity index (χ0) is 9.42. The fraction of sp³-hybridized carbons (Fsp3) is 0. The van der Waals surface area contributed by atoms with E-state index in [1.807, 2.05) is 0 Å². The van der Waals surface area contributed by atoms with Crippen LogP contribution in [0.15, 0.2) is 16.7 Å². The van der Waals surface area contributed by atoms with Crippen molar-refractivity contribution in [3.63, 3.8) is 0 Å². The topological polar surface area (TPSA) is 76.2 Å². The second-order valence-electron chi connectivity index (χ2n) is 2.28. The van der Waals surface area contributed by atoms with Crippen molar-refractivity contribution in [1.82, 2.24) is 9.97 Å². The van der Waals surface area contributed by atoms with E-state index in [4.69, 9.17) is 21.1 Å². The number of oxazole rings is 1. The van der Waals surface area contributed by atoms with Crippen LogP contribution in [-0.4, -0.2) is 21.0 Å². The fourth-order valence-corrected chi connectivity index (χ4v) is 1.14. The summed E-state index contributed by atoms with van der Waals surface area (Å²) in [6.07, 6.45) is 1.33. The van der Waals surface area contributed by atoms with Crippen molar-refractivity contribution in [3.8, 4) is 0 Å². The highest BCUT2D eigenvalue weighted by Crippen LogP contribution is 2.19. The summed E-state index contributed by atoms with van der Waals surface area (Å²) in [6, 6.07) is 1.34. The molecule has 0 bridgehead atoms. The Morgan fingerprint density at radius 2 is 2.38 bits per heavy atom. The van der Waals surface area contributed by atoms with Gasteiger partial charge in [-0.3, -0.25) is 0 Å². The Labute approximate surface area is 77.0 Å². The molecular weight excluding hydrogens is 196 g/mol. The molecule has 2 aromatic rings. The average molecular weight is 199 g/mol. The lowest BCUT2D eigenvalue weighted by atomic mass is 10.2. The molecule has 0 saturated heterocycles. The number of hydrogen-bond acceptors (Lipinski definition) is 4. The van der Waals surface area contributed by atoms with Gasteiger partial charge in [0.2, 0.25) is 5.71 Å². The highest BCUT2D eigenvalue weighted by atomic mass is 35.5. The van der Waals surface area contributed by atoms with Gasteiger partial charge in [-0.2, -0.15) is 4.98 Å². The Kier molecular flexibility index (Phi) is 1.66. The second-order valence-corrected chi connectivity index (χ2v) is 2.61. The number of halogens is 1. The van der Waals surface area contributed by atoms with E-state index < -0.39 is 5.97 Å². The molecule has 13 heavy (non-hydrogen) atoms. The van der Waals surface area contributed by atoms with Crippen LogP contribution in [0.3, 0.4) is 0 Å². The molecule has 6 heteroatoms. The van der Waals surface area contributed by atoms with Gasteiger partial charge in [0, 0.05) is 6.20 Å². The largest absolute Gasteiger partial charge is 0.478 e. The van der Waals surface area contributed by atoms with Gasteiger partial charge in [0.25, 0.3) is 5.35 Å². The van der Waals surface area contributed by atoms with Gasteiger partial charge < -0.3 is 9.52 Å². The number of aromatic carboxylic acids is 1. The number of carbonyl (C=O) groups is 1. The Bertz CT molecular complexity index is 480. The van der Waals surface area contributed by atoms with Crippen LogP contribution in [0.2, 0.25) is 5.35 Å². The number of carboxylic acids is 1. The Morgan fingerprint density at radius 3 is 3.08 bits per heavy atom. The number of pyridine rings is 1. The van der Waals surface area contributed by atoms with Crippen molar-refractivity contribution in [2.45, 2.75) is 0 Å². The lowest BCUT2D eigenvalue weighted by molar-refractivity contribution is 0.0698. The predicted molar refractivity (Wildman–Crippen MR) is 43.8 cm³/mol. The number of rotatable bonds is 1. The molecule has 2 rings (SSSR count). The third kappa shape index (κ3) is 1.23. The quantitative estimate of drug-likeness (QED) is 0.753. The minimum absolute atomic E-state index is 0.0284. The number of fused-ring (bicyclic) bond motifs is 1. The van der Waals surface area contributed by atoms with E-state index in [1.165, 1.54) is 12.3 Å². The molecule has 0 aliphatic heterocycles. The summed E-state index contributed by atoms with van der Waals surface area (Å²) in [5.41, 5.74) is 0.325. The van der Waals surface area contributed by atoms with Crippen LogP contribution in [0.25, 0.3) is 11.2 Å². The molecular formula is C7H3ClN2O3. The molecule has 0 aliphatic rings. The molecule has 0 radical (unpaired) electrons. The van der Waals surface area contributed by atoms with Crippen molar-refractivity contribution in [1.29, 1.82) is 0 Å². The molecule has 0 saturated carbocycles. The van der Waals surface area contributed by atoms with E-state index >= 15 is 0 Å². The van der Waals surface area contributed by atoms with Crippen LogP contribution in [0.4, 0.5) is 0 Å². The zero-order valence-corrected chi connectivity index (χ0v) is 6.95. The zero-order valence-electron chi connectivity index (χ0n) is 6.19. The maximum absolute atomic E-state index is 10.7. The Hall–Kier alpha value is -1.62. The summed E-state index contributed by atoms with van der Waals surface area (Å²) < 4.78 is 4.84. The van der Waals surface area contributed by atoms with Gasteiger partial charge in [0.1, 0.15) is 5.52 Å². The monoisotopic (exact) mass is 198 g/mol. The molecule has 2 aromatic heterocycles. The molecule has 0 aromatic carbocycles. The molecule has 0 atom stereocenters. The summed E-state index contributed by atoms with van der Waals surface area (Å²) >= 11 is 5.45. The van der Waals surface area contributed by atoms with E-state index in [2.05, 4.69) is 9.97 Å². The molecule has 2 heterocycles. The van der Waals surface area contributed by atoms with Crippen molar-refractivity contribution in [2.75, 3.05) is 0 Å². The van der Waals surface area contributed by atoms with Gasteiger partial charge >= 0.3 is 5.97 Å². The molecule has 0 aliphatic carbocycles. The minimum Gasteiger partial charge on any atom is -0.478 e. The first-order chi connectivity index (χ1) is 6.18. The Morgan fingerprint density at radius 1 is 1.62 bits per heavy atom.